The lowest BCUT2D eigenvalue weighted by molar-refractivity contribution is -0.139. The highest BCUT2D eigenvalue weighted by atomic mass is 19.3. The summed E-state index contributed by atoms with van der Waals surface area (Å²) in [5.41, 5.74) is 1.78. The van der Waals surface area contributed by atoms with Gasteiger partial charge in [0.1, 0.15) is 5.75 Å². The van der Waals surface area contributed by atoms with Crippen molar-refractivity contribution in [2.24, 2.45) is 0 Å². The summed E-state index contributed by atoms with van der Waals surface area (Å²) in [6.45, 7) is 1.77. The fourth-order valence-electron chi connectivity index (χ4n) is 3.00. The molecule has 7 nitrogen and oxygen atoms in total. The van der Waals surface area contributed by atoms with Crippen molar-refractivity contribution in [2.75, 3.05) is 20.2 Å². The standard InChI is InChI=1S/C19H25F2N3O4/c1-4-14-16(17(25)27-5-2)15(23-19(26)22-14)11-24(3)10-12-6-8-13(9-7-12)28-18(20)21/h6-9,14,18H,4-5,10-11H2,1-3H3,(H2,22,23,26)/t14-/m0/s1. The zero-order valence-electron chi connectivity index (χ0n) is 16.1. The molecule has 2 N–H and O–H groups in total. The number of hydrogen-bond acceptors (Lipinski definition) is 5. The van der Waals surface area contributed by atoms with E-state index in [2.05, 4.69) is 15.4 Å². The quantitative estimate of drug-likeness (QED) is 0.627. The molecule has 1 atom stereocenters. The van der Waals surface area contributed by atoms with Gasteiger partial charge in [0.2, 0.25) is 0 Å². The zero-order chi connectivity index (χ0) is 20.7. The van der Waals surface area contributed by atoms with Crippen molar-refractivity contribution in [1.29, 1.82) is 0 Å². The summed E-state index contributed by atoms with van der Waals surface area (Å²) in [6.07, 6.45) is 0.556. The molecule has 1 aliphatic rings. The van der Waals surface area contributed by atoms with Gasteiger partial charge in [-0.15, -0.1) is 0 Å². The maximum absolute atomic E-state index is 12.4. The maximum Gasteiger partial charge on any atom is 0.387 e. The van der Waals surface area contributed by atoms with Crippen LogP contribution in [0.2, 0.25) is 0 Å². The SMILES string of the molecule is CCOC(=O)C1=C(CN(C)Cc2ccc(OC(F)F)cc2)NC(=O)N[C@H]1CC. The topological polar surface area (TPSA) is 79.9 Å². The van der Waals surface area contributed by atoms with Gasteiger partial charge in [0.05, 0.1) is 18.2 Å². The van der Waals surface area contributed by atoms with Gasteiger partial charge < -0.3 is 20.1 Å². The van der Waals surface area contributed by atoms with Crippen LogP contribution in [0.25, 0.3) is 0 Å². The monoisotopic (exact) mass is 397 g/mol. The first-order chi connectivity index (χ1) is 13.3. The van der Waals surface area contributed by atoms with E-state index in [4.69, 9.17) is 4.74 Å². The lowest BCUT2D eigenvalue weighted by atomic mass is 10.00. The van der Waals surface area contributed by atoms with Crippen LogP contribution in [0.5, 0.6) is 5.75 Å². The number of nitrogens with zero attached hydrogens (tertiary/aromatic N) is 1. The van der Waals surface area contributed by atoms with Crippen LogP contribution in [0.3, 0.4) is 0 Å². The van der Waals surface area contributed by atoms with Gasteiger partial charge in [-0.3, -0.25) is 4.90 Å². The summed E-state index contributed by atoms with van der Waals surface area (Å²) in [5.74, 6) is -0.371. The largest absolute Gasteiger partial charge is 0.463 e. The smallest absolute Gasteiger partial charge is 0.387 e. The number of likely N-dealkylation sites (N-methyl/N-ethyl adjacent to an activating group) is 1. The fourth-order valence-corrected chi connectivity index (χ4v) is 3.00. The van der Waals surface area contributed by atoms with E-state index in [0.29, 0.717) is 30.8 Å². The van der Waals surface area contributed by atoms with Crippen LogP contribution in [0.4, 0.5) is 13.6 Å². The molecule has 2 rings (SSSR count). The van der Waals surface area contributed by atoms with E-state index in [-0.39, 0.29) is 18.4 Å². The molecule has 0 spiro atoms. The van der Waals surface area contributed by atoms with Crippen LogP contribution in [0.15, 0.2) is 35.5 Å². The number of benzene rings is 1. The Labute approximate surface area is 162 Å². The minimum absolute atomic E-state index is 0.0881. The number of hydrogen-bond donors (Lipinski definition) is 2. The Morgan fingerprint density at radius 2 is 1.89 bits per heavy atom. The Morgan fingerprint density at radius 1 is 1.21 bits per heavy atom. The molecule has 0 saturated carbocycles. The van der Waals surface area contributed by atoms with E-state index in [0.717, 1.165) is 5.56 Å². The van der Waals surface area contributed by atoms with Crippen molar-refractivity contribution in [2.45, 2.75) is 39.5 Å². The predicted molar refractivity (Wildman–Crippen MR) is 98.8 cm³/mol. The highest BCUT2D eigenvalue weighted by Crippen LogP contribution is 2.19. The summed E-state index contributed by atoms with van der Waals surface area (Å²) in [7, 11) is 1.83. The normalized spacial score (nSPS) is 16.8. The number of amides is 2. The Balaban J connectivity index is 2.12. The summed E-state index contributed by atoms with van der Waals surface area (Å²) in [4.78, 5) is 26.2. The number of carbonyl (C=O) groups excluding carboxylic acids is 2. The molecular formula is C19H25F2N3O4. The van der Waals surface area contributed by atoms with Crippen LogP contribution in [-0.2, 0) is 16.1 Å². The number of ether oxygens (including phenoxy) is 2. The number of urea groups is 1. The van der Waals surface area contributed by atoms with Crippen LogP contribution in [0, 0.1) is 0 Å². The summed E-state index contributed by atoms with van der Waals surface area (Å²) in [5, 5.41) is 5.43. The highest BCUT2D eigenvalue weighted by Gasteiger charge is 2.31. The number of carbonyl (C=O) groups is 2. The average Bonchev–Trinajstić information content (AvgIpc) is 2.62. The molecule has 2 amide bonds. The van der Waals surface area contributed by atoms with E-state index in [9.17, 15) is 18.4 Å². The minimum atomic E-state index is -2.86. The first-order valence-corrected chi connectivity index (χ1v) is 9.04. The van der Waals surface area contributed by atoms with Gasteiger partial charge in [-0.05, 0) is 38.1 Å². The van der Waals surface area contributed by atoms with Crippen molar-refractivity contribution < 1.29 is 27.8 Å². The number of esters is 1. The fraction of sp³-hybridized carbons (Fsp3) is 0.474. The van der Waals surface area contributed by atoms with Crippen molar-refractivity contribution in [1.82, 2.24) is 15.5 Å². The van der Waals surface area contributed by atoms with E-state index >= 15 is 0 Å². The average molecular weight is 397 g/mol. The van der Waals surface area contributed by atoms with E-state index in [1.54, 1.807) is 19.1 Å². The Hall–Kier alpha value is -2.68. The molecule has 0 aromatic heterocycles. The van der Waals surface area contributed by atoms with Gasteiger partial charge in [0.15, 0.2) is 0 Å². The van der Waals surface area contributed by atoms with Crippen LogP contribution in [-0.4, -0.2) is 49.8 Å². The maximum atomic E-state index is 12.4. The number of nitrogens with one attached hydrogen (secondary N) is 2. The summed E-state index contributed by atoms with van der Waals surface area (Å²) < 4.78 is 33.9. The van der Waals surface area contributed by atoms with E-state index < -0.39 is 18.6 Å². The first kappa shape index (κ1) is 21.6. The lowest BCUT2D eigenvalue weighted by Crippen LogP contribution is -2.51. The number of halogens is 2. The van der Waals surface area contributed by atoms with Gasteiger partial charge >= 0.3 is 18.6 Å². The summed E-state index contributed by atoms with van der Waals surface area (Å²) in [6, 6.07) is 5.53. The molecule has 1 aromatic rings. The lowest BCUT2D eigenvalue weighted by Gasteiger charge is -2.30. The molecule has 1 aromatic carbocycles. The highest BCUT2D eigenvalue weighted by molar-refractivity contribution is 5.94. The molecule has 154 valence electrons. The molecule has 28 heavy (non-hydrogen) atoms. The van der Waals surface area contributed by atoms with Crippen LogP contribution < -0.4 is 15.4 Å². The molecule has 0 fully saturated rings. The van der Waals surface area contributed by atoms with Gasteiger partial charge in [-0.2, -0.15) is 8.78 Å². The summed E-state index contributed by atoms with van der Waals surface area (Å²) >= 11 is 0. The van der Waals surface area contributed by atoms with Crippen LogP contribution >= 0.6 is 0 Å². The third kappa shape index (κ3) is 5.91. The second-order valence-corrected chi connectivity index (χ2v) is 6.37. The number of alkyl halides is 2. The van der Waals surface area contributed by atoms with Crippen molar-refractivity contribution in [3.8, 4) is 5.75 Å². The predicted octanol–water partition coefficient (Wildman–Crippen LogP) is 2.63. The van der Waals surface area contributed by atoms with Gasteiger partial charge in [-0.1, -0.05) is 19.1 Å². The van der Waals surface area contributed by atoms with Crippen molar-refractivity contribution >= 4 is 12.0 Å². The Morgan fingerprint density at radius 3 is 2.46 bits per heavy atom. The molecule has 0 aliphatic carbocycles. The number of rotatable bonds is 9. The molecule has 9 heteroatoms. The molecule has 0 saturated heterocycles. The molecular weight excluding hydrogens is 372 g/mol. The van der Waals surface area contributed by atoms with Gasteiger partial charge in [0.25, 0.3) is 0 Å². The third-order valence-electron chi connectivity index (χ3n) is 4.18. The molecule has 0 bridgehead atoms. The van der Waals surface area contributed by atoms with Crippen molar-refractivity contribution in [3.05, 3.63) is 41.1 Å². The molecule has 1 aliphatic heterocycles. The van der Waals surface area contributed by atoms with Gasteiger partial charge in [0, 0.05) is 18.8 Å². The molecule has 1 heterocycles. The molecule has 0 unspecified atom stereocenters. The second-order valence-electron chi connectivity index (χ2n) is 6.37. The zero-order valence-corrected chi connectivity index (χ0v) is 16.1. The Kier molecular flexibility index (Phi) is 7.74. The second kappa shape index (κ2) is 10.0. The van der Waals surface area contributed by atoms with Gasteiger partial charge in [-0.25, -0.2) is 9.59 Å². The first-order valence-electron chi connectivity index (χ1n) is 9.04. The minimum Gasteiger partial charge on any atom is -0.463 e. The molecule has 0 radical (unpaired) electrons. The van der Waals surface area contributed by atoms with E-state index in [1.807, 2.05) is 18.9 Å². The Bertz CT molecular complexity index is 722. The van der Waals surface area contributed by atoms with Crippen molar-refractivity contribution in [3.63, 3.8) is 0 Å². The third-order valence-corrected chi connectivity index (χ3v) is 4.18. The van der Waals surface area contributed by atoms with E-state index in [1.165, 1.54) is 12.1 Å². The van der Waals surface area contributed by atoms with Crippen LogP contribution in [0.1, 0.15) is 25.8 Å².